The van der Waals surface area contributed by atoms with E-state index in [1.807, 2.05) is 18.7 Å². The maximum atomic E-state index is 12.1. The summed E-state index contributed by atoms with van der Waals surface area (Å²) >= 11 is 0. The molecule has 0 radical (unpaired) electrons. The SMILES string of the molecule is CCN(CC)c1ccc([N+](=O)[O-])cc1/C=N\NC(=O)c1ccccc1O. The van der Waals surface area contributed by atoms with Gasteiger partial charge >= 0.3 is 0 Å². The fourth-order valence-corrected chi connectivity index (χ4v) is 2.50. The Morgan fingerprint density at radius 3 is 2.58 bits per heavy atom. The second kappa shape index (κ2) is 8.61. The molecule has 0 unspecified atom stereocenters. The molecule has 0 aromatic heterocycles. The Morgan fingerprint density at radius 1 is 1.27 bits per heavy atom. The predicted molar refractivity (Wildman–Crippen MR) is 99.8 cm³/mol. The zero-order valence-electron chi connectivity index (χ0n) is 14.5. The molecule has 0 bridgehead atoms. The van der Waals surface area contributed by atoms with Crippen molar-refractivity contribution in [1.82, 2.24) is 5.43 Å². The van der Waals surface area contributed by atoms with Gasteiger partial charge in [0, 0.05) is 36.5 Å². The number of carbonyl (C=O) groups excluding carboxylic acids is 1. The third-order valence-electron chi connectivity index (χ3n) is 3.84. The van der Waals surface area contributed by atoms with Crippen LogP contribution in [-0.4, -0.2) is 35.2 Å². The number of phenols is 1. The fraction of sp³-hybridized carbons (Fsp3) is 0.222. The lowest BCUT2D eigenvalue weighted by Crippen LogP contribution is -2.23. The van der Waals surface area contributed by atoms with E-state index in [1.54, 1.807) is 18.2 Å². The van der Waals surface area contributed by atoms with E-state index in [9.17, 15) is 20.0 Å². The zero-order chi connectivity index (χ0) is 19.1. The summed E-state index contributed by atoms with van der Waals surface area (Å²) in [4.78, 5) is 24.6. The Labute approximate surface area is 150 Å². The first-order valence-electron chi connectivity index (χ1n) is 8.12. The highest BCUT2D eigenvalue weighted by molar-refractivity contribution is 5.97. The van der Waals surface area contributed by atoms with Crippen LogP contribution in [0.3, 0.4) is 0 Å². The summed E-state index contributed by atoms with van der Waals surface area (Å²) in [6, 6.07) is 10.6. The van der Waals surface area contributed by atoms with E-state index in [1.165, 1.54) is 30.5 Å². The maximum absolute atomic E-state index is 12.1. The average Bonchev–Trinajstić information content (AvgIpc) is 2.63. The molecule has 2 aromatic carbocycles. The molecule has 0 fully saturated rings. The van der Waals surface area contributed by atoms with Crippen molar-refractivity contribution in [3.05, 3.63) is 63.7 Å². The van der Waals surface area contributed by atoms with Crippen molar-refractivity contribution in [2.24, 2.45) is 5.10 Å². The van der Waals surface area contributed by atoms with Gasteiger partial charge in [0.2, 0.25) is 0 Å². The van der Waals surface area contributed by atoms with Crippen molar-refractivity contribution in [2.45, 2.75) is 13.8 Å². The molecule has 0 saturated heterocycles. The number of nitro benzene ring substituents is 1. The lowest BCUT2D eigenvalue weighted by atomic mass is 10.1. The van der Waals surface area contributed by atoms with E-state index in [-0.39, 0.29) is 17.0 Å². The maximum Gasteiger partial charge on any atom is 0.275 e. The molecule has 0 spiro atoms. The number of anilines is 1. The summed E-state index contributed by atoms with van der Waals surface area (Å²) < 4.78 is 0. The van der Waals surface area contributed by atoms with Gasteiger partial charge in [0.15, 0.2) is 0 Å². The predicted octanol–water partition coefficient (Wildman–Crippen LogP) is 2.91. The summed E-state index contributed by atoms with van der Waals surface area (Å²) in [6.07, 6.45) is 1.36. The van der Waals surface area contributed by atoms with Crippen LogP contribution in [0.1, 0.15) is 29.8 Å². The minimum Gasteiger partial charge on any atom is -0.507 e. The molecule has 8 nitrogen and oxygen atoms in total. The van der Waals surface area contributed by atoms with Gasteiger partial charge in [0.1, 0.15) is 5.75 Å². The molecule has 0 saturated carbocycles. The average molecular weight is 356 g/mol. The van der Waals surface area contributed by atoms with Crippen molar-refractivity contribution >= 4 is 23.5 Å². The largest absolute Gasteiger partial charge is 0.507 e. The van der Waals surface area contributed by atoms with Gasteiger partial charge in [-0.15, -0.1) is 0 Å². The topological polar surface area (TPSA) is 108 Å². The van der Waals surface area contributed by atoms with Crippen LogP contribution >= 0.6 is 0 Å². The Hall–Kier alpha value is -3.42. The van der Waals surface area contributed by atoms with Gasteiger partial charge in [-0.1, -0.05) is 12.1 Å². The van der Waals surface area contributed by atoms with E-state index in [2.05, 4.69) is 10.5 Å². The molecule has 1 amide bonds. The highest BCUT2D eigenvalue weighted by Gasteiger charge is 2.13. The second-order valence-corrected chi connectivity index (χ2v) is 5.39. The molecular formula is C18H20N4O4. The first kappa shape index (κ1) is 18.9. The number of amides is 1. The standard InChI is InChI=1S/C18H20N4O4/c1-3-21(4-2)16-10-9-14(22(25)26)11-13(16)12-19-20-18(24)15-7-5-6-8-17(15)23/h5-12,23H,3-4H2,1-2H3,(H,20,24)/b19-12-. The number of phenolic OH excluding ortho intramolecular Hbond substituents is 1. The number of nitro groups is 1. The van der Waals surface area contributed by atoms with Crippen LogP contribution < -0.4 is 10.3 Å². The van der Waals surface area contributed by atoms with E-state index in [4.69, 9.17) is 0 Å². The number of non-ortho nitro benzene ring substituents is 1. The third kappa shape index (κ3) is 4.35. The molecule has 0 aliphatic carbocycles. The number of hydrazone groups is 1. The van der Waals surface area contributed by atoms with Crippen LogP contribution in [0.15, 0.2) is 47.6 Å². The van der Waals surface area contributed by atoms with Crippen LogP contribution in [0.25, 0.3) is 0 Å². The van der Waals surface area contributed by atoms with Crippen LogP contribution in [-0.2, 0) is 0 Å². The normalized spacial score (nSPS) is 10.7. The molecule has 0 aliphatic rings. The van der Waals surface area contributed by atoms with E-state index < -0.39 is 10.8 Å². The molecule has 0 heterocycles. The summed E-state index contributed by atoms with van der Waals surface area (Å²) in [6.45, 7) is 5.40. The minimum absolute atomic E-state index is 0.0608. The number of benzene rings is 2. The lowest BCUT2D eigenvalue weighted by Gasteiger charge is -2.22. The molecule has 2 aromatic rings. The molecular weight excluding hydrogens is 336 g/mol. The summed E-state index contributed by atoms with van der Waals surface area (Å²) in [5.41, 5.74) is 3.64. The summed E-state index contributed by atoms with van der Waals surface area (Å²) in [5, 5.41) is 24.6. The Morgan fingerprint density at radius 2 is 1.96 bits per heavy atom. The Bertz CT molecular complexity index is 832. The third-order valence-corrected chi connectivity index (χ3v) is 3.84. The smallest absolute Gasteiger partial charge is 0.275 e. The van der Waals surface area contributed by atoms with Crippen molar-refractivity contribution in [3.63, 3.8) is 0 Å². The van der Waals surface area contributed by atoms with Gasteiger partial charge in [-0.05, 0) is 32.0 Å². The number of aromatic hydroxyl groups is 1. The van der Waals surface area contributed by atoms with Crippen LogP contribution in [0.5, 0.6) is 5.75 Å². The summed E-state index contributed by atoms with van der Waals surface area (Å²) in [7, 11) is 0. The number of nitrogens with one attached hydrogen (secondary N) is 1. The number of para-hydroxylation sites is 1. The van der Waals surface area contributed by atoms with Gasteiger partial charge in [0.25, 0.3) is 11.6 Å². The van der Waals surface area contributed by atoms with Crippen molar-refractivity contribution in [2.75, 3.05) is 18.0 Å². The summed E-state index contributed by atoms with van der Waals surface area (Å²) in [5.74, 6) is -0.728. The van der Waals surface area contributed by atoms with Gasteiger partial charge in [0.05, 0.1) is 16.7 Å². The second-order valence-electron chi connectivity index (χ2n) is 5.39. The Balaban J connectivity index is 2.27. The lowest BCUT2D eigenvalue weighted by molar-refractivity contribution is -0.384. The minimum atomic E-state index is -0.575. The first-order chi connectivity index (χ1) is 12.5. The Kier molecular flexibility index (Phi) is 6.26. The monoisotopic (exact) mass is 356 g/mol. The van der Waals surface area contributed by atoms with E-state index >= 15 is 0 Å². The number of nitrogens with zero attached hydrogens (tertiary/aromatic N) is 3. The quantitative estimate of drug-likeness (QED) is 0.450. The molecule has 26 heavy (non-hydrogen) atoms. The molecule has 8 heteroatoms. The highest BCUT2D eigenvalue weighted by atomic mass is 16.6. The first-order valence-corrected chi connectivity index (χ1v) is 8.12. The molecule has 0 atom stereocenters. The molecule has 2 rings (SSSR count). The molecule has 0 aliphatic heterocycles. The van der Waals surface area contributed by atoms with Gasteiger partial charge in [-0.2, -0.15) is 5.10 Å². The van der Waals surface area contributed by atoms with E-state index in [0.29, 0.717) is 5.56 Å². The number of hydrogen-bond acceptors (Lipinski definition) is 6. The van der Waals surface area contributed by atoms with Crippen molar-refractivity contribution in [3.8, 4) is 5.75 Å². The molecule has 2 N–H and O–H groups in total. The van der Waals surface area contributed by atoms with Crippen LogP contribution in [0, 0.1) is 10.1 Å². The van der Waals surface area contributed by atoms with Crippen molar-refractivity contribution < 1.29 is 14.8 Å². The highest BCUT2D eigenvalue weighted by Crippen LogP contribution is 2.24. The van der Waals surface area contributed by atoms with Gasteiger partial charge < -0.3 is 10.0 Å². The van der Waals surface area contributed by atoms with E-state index in [0.717, 1.165) is 18.8 Å². The van der Waals surface area contributed by atoms with Gasteiger partial charge in [-0.3, -0.25) is 14.9 Å². The number of carbonyl (C=O) groups is 1. The van der Waals surface area contributed by atoms with Crippen molar-refractivity contribution in [1.29, 1.82) is 0 Å². The van der Waals surface area contributed by atoms with Crippen LogP contribution in [0.2, 0.25) is 0 Å². The number of hydrogen-bond donors (Lipinski definition) is 2. The number of rotatable bonds is 7. The molecule has 136 valence electrons. The fourth-order valence-electron chi connectivity index (χ4n) is 2.50. The van der Waals surface area contributed by atoms with Gasteiger partial charge in [-0.25, -0.2) is 5.43 Å². The van der Waals surface area contributed by atoms with Crippen LogP contribution in [0.4, 0.5) is 11.4 Å². The zero-order valence-corrected chi connectivity index (χ0v) is 14.5.